The smallest absolute Gasteiger partial charge is 0.265 e. The van der Waals surface area contributed by atoms with Gasteiger partial charge in [0.25, 0.3) is 9.76 Å². The molecular weight excluding hydrogens is 200 g/mol. The lowest BCUT2D eigenvalue weighted by atomic mass is 10.0. The van der Waals surface area contributed by atoms with Crippen molar-refractivity contribution in [3.8, 4) is 11.1 Å². The normalized spacial score (nSPS) is 10.3. The van der Waals surface area contributed by atoms with Gasteiger partial charge in [-0.2, -0.15) is 0 Å². The van der Waals surface area contributed by atoms with Gasteiger partial charge in [-0.25, -0.2) is 0 Å². The van der Waals surface area contributed by atoms with E-state index in [-0.39, 0.29) is 9.76 Å². The molecule has 2 aromatic carbocycles. The van der Waals surface area contributed by atoms with Crippen LogP contribution in [0.25, 0.3) is 11.1 Å². The first-order chi connectivity index (χ1) is 7.31. The Morgan fingerprint density at radius 2 is 1.60 bits per heavy atom. The van der Waals surface area contributed by atoms with Gasteiger partial charge in [-0.05, 0) is 28.8 Å². The molecule has 2 heteroatoms. The average Bonchev–Trinajstić information content (AvgIpc) is 2.30. The molecule has 2 radical (unpaired) electrons. The molecule has 0 saturated carbocycles. The Bertz CT molecular complexity index is 448. The van der Waals surface area contributed by atoms with Gasteiger partial charge >= 0.3 is 0 Å². The molecule has 0 saturated heterocycles. The first-order valence-corrected chi connectivity index (χ1v) is 5.82. The predicted molar refractivity (Wildman–Crippen MR) is 64.2 cm³/mol. The Hall–Kier alpha value is -1.38. The van der Waals surface area contributed by atoms with Crippen LogP contribution in [0, 0.1) is 6.92 Å². The van der Waals surface area contributed by atoms with Crippen molar-refractivity contribution >= 4 is 14.9 Å². The second-order valence-corrected chi connectivity index (χ2v) is 4.31. The van der Waals surface area contributed by atoms with Crippen LogP contribution in [0.5, 0.6) is 0 Å². The summed E-state index contributed by atoms with van der Waals surface area (Å²) in [7, 11) is -0.119. The summed E-state index contributed by atoms with van der Waals surface area (Å²) in [6.45, 7) is 2.11. The Morgan fingerprint density at radius 1 is 0.933 bits per heavy atom. The first-order valence-electron chi connectivity index (χ1n) is 4.87. The second kappa shape index (κ2) is 4.42. The number of aryl methyl sites for hydroxylation is 1. The van der Waals surface area contributed by atoms with Crippen LogP contribution in [0.3, 0.4) is 0 Å². The number of hydrogen-bond acceptors (Lipinski definition) is 1. The Morgan fingerprint density at radius 3 is 2.20 bits per heavy atom. The van der Waals surface area contributed by atoms with Crippen molar-refractivity contribution in [1.29, 1.82) is 0 Å². The standard InChI is InChI=1S/C13H12OSi/c1-10-4-2-3-5-13(10)11-6-8-12(15-14)9-7-11/h2-9,14H,1H3. The molecule has 2 rings (SSSR count). The SMILES string of the molecule is Cc1ccccc1-c1ccc([Si]O)cc1. The second-order valence-electron chi connectivity index (χ2n) is 3.50. The highest BCUT2D eigenvalue weighted by molar-refractivity contribution is 6.45. The molecule has 0 amide bonds. The topological polar surface area (TPSA) is 20.2 Å². The van der Waals surface area contributed by atoms with E-state index in [9.17, 15) is 0 Å². The molecule has 0 fully saturated rings. The lowest BCUT2D eigenvalue weighted by Gasteiger charge is -2.05. The molecule has 0 aliphatic heterocycles. The van der Waals surface area contributed by atoms with Crippen LogP contribution in [0.4, 0.5) is 0 Å². The largest absolute Gasteiger partial charge is 0.428 e. The van der Waals surface area contributed by atoms with Gasteiger partial charge in [0, 0.05) is 0 Å². The molecule has 1 nitrogen and oxygen atoms in total. The fraction of sp³-hybridized carbons (Fsp3) is 0.0769. The van der Waals surface area contributed by atoms with Crippen molar-refractivity contribution in [2.75, 3.05) is 0 Å². The van der Waals surface area contributed by atoms with E-state index in [1.54, 1.807) is 0 Å². The summed E-state index contributed by atoms with van der Waals surface area (Å²) in [6.07, 6.45) is 0. The first kappa shape index (κ1) is 10.1. The van der Waals surface area contributed by atoms with E-state index in [4.69, 9.17) is 4.80 Å². The van der Waals surface area contributed by atoms with Crippen molar-refractivity contribution in [3.63, 3.8) is 0 Å². The summed E-state index contributed by atoms with van der Waals surface area (Å²) < 4.78 is 0. The summed E-state index contributed by atoms with van der Waals surface area (Å²) in [5, 5.41) is 0.979. The maximum atomic E-state index is 8.98. The van der Waals surface area contributed by atoms with Gasteiger partial charge in [0.2, 0.25) is 0 Å². The lowest BCUT2D eigenvalue weighted by molar-refractivity contribution is 0.615. The third kappa shape index (κ3) is 2.17. The van der Waals surface area contributed by atoms with Crippen LogP contribution in [-0.4, -0.2) is 14.6 Å². The molecule has 15 heavy (non-hydrogen) atoms. The van der Waals surface area contributed by atoms with Gasteiger partial charge in [-0.15, -0.1) is 0 Å². The molecule has 0 aliphatic carbocycles. The Balaban J connectivity index is 2.42. The van der Waals surface area contributed by atoms with Crippen molar-refractivity contribution in [2.45, 2.75) is 6.92 Å². The van der Waals surface area contributed by atoms with Crippen LogP contribution >= 0.6 is 0 Å². The predicted octanol–water partition coefficient (Wildman–Crippen LogP) is 1.90. The quantitative estimate of drug-likeness (QED) is 0.754. The van der Waals surface area contributed by atoms with Crippen LogP contribution in [-0.2, 0) is 0 Å². The summed E-state index contributed by atoms with van der Waals surface area (Å²) in [6, 6.07) is 16.4. The van der Waals surface area contributed by atoms with E-state index >= 15 is 0 Å². The van der Waals surface area contributed by atoms with Crippen LogP contribution in [0.15, 0.2) is 48.5 Å². The minimum Gasteiger partial charge on any atom is -0.428 e. The number of benzene rings is 2. The molecule has 0 aromatic heterocycles. The molecule has 0 aliphatic rings. The zero-order valence-corrected chi connectivity index (χ0v) is 9.57. The average molecular weight is 212 g/mol. The summed E-state index contributed by atoms with van der Waals surface area (Å²) in [4.78, 5) is 8.98. The van der Waals surface area contributed by atoms with Crippen molar-refractivity contribution in [1.82, 2.24) is 0 Å². The molecule has 0 heterocycles. The maximum absolute atomic E-state index is 8.98. The summed E-state index contributed by atoms with van der Waals surface area (Å²) in [5.41, 5.74) is 3.73. The molecule has 74 valence electrons. The Kier molecular flexibility index (Phi) is 2.99. The summed E-state index contributed by atoms with van der Waals surface area (Å²) in [5.74, 6) is 0. The molecular formula is C13H12OSi. The lowest BCUT2D eigenvalue weighted by Crippen LogP contribution is -2.11. The van der Waals surface area contributed by atoms with E-state index in [1.165, 1.54) is 16.7 Å². The van der Waals surface area contributed by atoms with E-state index < -0.39 is 0 Å². The fourth-order valence-electron chi connectivity index (χ4n) is 1.62. The molecule has 0 unspecified atom stereocenters. The van der Waals surface area contributed by atoms with Crippen molar-refractivity contribution in [3.05, 3.63) is 54.1 Å². The van der Waals surface area contributed by atoms with Gasteiger partial charge in [-0.3, -0.25) is 0 Å². The molecule has 0 atom stereocenters. The highest BCUT2D eigenvalue weighted by Gasteiger charge is 2.00. The molecule has 2 aromatic rings. The number of hydrogen-bond donors (Lipinski definition) is 1. The monoisotopic (exact) mass is 212 g/mol. The van der Waals surface area contributed by atoms with E-state index in [1.807, 2.05) is 24.3 Å². The fourth-order valence-corrected chi connectivity index (χ4v) is 1.94. The van der Waals surface area contributed by atoms with Crippen molar-refractivity contribution < 1.29 is 4.80 Å². The van der Waals surface area contributed by atoms with Crippen molar-refractivity contribution in [2.24, 2.45) is 0 Å². The van der Waals surface area contributed by atoms with E-state index in [2.05, 4.69) is 31.2 Å². The third-order valence-electron chi connectivity index (χ3n) is 2.47. The number of rotatable bonds is 2. The minimum absolute atomic E-state index is 0.119. The molecule has 0 spiro atoms. The zero-order chi connectivity index (χ0) is 10.7. The maximum Gasteiger partial charge on any atom is 0.265 e. The van der Waals surface area contributed by atoms with Gasteiger partial charge in [0.1, 0.15) is 0 Å². The highest BCUT2D eigenvalue weighted by Crippen LogP contribution is 2.21. The molecule has 1 N–H and O–H groups in total. The minimum atomic E-state index is -0.119. The van der Waals surface area contributed by atoms with Gasteiger partial charge < -0.3 is 4.80 Å². The van der Waals surface area contributed by atoms with E-state index in [0.29, 0.717) is 0 Å². The summed E-state index contributed by atoms with van der Waals surface area (Å²) >= 11 is 0. The van der Waals surface area contributed by atoms with Crippen LogP contribution < -0.4 is 5.19 Å². The Labute approximate surface area is 92.3 Å². The van der Waals surface area contributed by atoms with Gasteiger partial charge in [0.05, 0.1) is 0 Å². The molecule has 0 bridgehead atoms. The zero-order valence-electron chi connectivity index (χ0n) is 8.57. The van der Waals surface area contributed by atoms with Crippen LogP contribution in [0.1, 0.15) is 5.56 Å². The highest BCUT2D eigenvalue weighted by atomic mass is 28.2. The third-order valence-corrected chi connectivity index (χ3v) is 3.06. The van der Waals surface area contributed by atoms with Gasteiger partial charge in [0.15, 0.2) is 0 Å². The van der Waals surface area contributed by atoms with E-state index in [0.717, 1.165) is 5.19 Å². The van der Waals surface area contributed by atoms with Crippen LogP contribution in [0.2, 0.25) is 0 Å². The van der Waals surface area contributed by atoms with Gasteiger partial charge in [-0.1, -0.05) is 48.5 Å².